The lowest BCUT2D eigenvalue weighted by Gasteiger charge is -2.15. The zero-order valence-electron chi connectivity index (χ0n) is 17.5. The molecule has 0 atom stereocenters. The van der Waals surface area contributed by atoms with Gasteiger partial charge >= 0.3 is 5.97 Å². The highest BCUT2D eigenvalue weighted by molar-refractivity contribution is 7.91. The fourth-order valence-electron chi connectivity index (χ4n) is 4.39. The van der Waals surface area contributed by atoms with Gasteiger partial charge in [0.05, 0.1) is 9.79 Å². The molecule has 6 nitrogen and oxygen atoms in total. The van der Waals surface area contributed by atoms with E-state index in [1.165, 1.54) is 18.2 Å². The van der Waals surface area contributed by atoms with Gasteiger partial charge in [0.2, 0.25) is 9.84 Å². The van der Waals surface area contributed by atoms with Crippen molar-refractivity contribution in [3.05, 3.63) is 82.4 Å². The molecule has 0 spiro atoms. The second-order valence-corrected chi connectivity index (χ2v) is 9.80. The van der Waals surface area contributed by atoms with Crippen LogP contribution in [0.4, 0.5) is 4.39 Å². The molecule has 0 aliphatic heterocycles. The number of ketones is 1. The summed E-state index contributed by atoms with van der Waals surface area (Å²) >= 11 is 0. The monoisotopic (exact) mass is 455 g/mol. The molecule has 0 radical (unpaired) electrons. The van der Waals surface area contributed by atoms with Crippen LogP contribution in [0.25, 0.3) is 0 Å². The van der Waals surface area contributed by atoms with Crippen LogP contribution < -0.4 is 0 Å². The van der Waals surface area contributed by atoms with Gasteiger partial charge in [-0.15, -0.1) is 0 Å². The summed E-state index contributed by atoms with van der Waals surface area (Å²) in [5.41, 5.74) is 3.03. The zero-order chi connectivity index (χ0) is 23.0. The van der Waals surface area contributed by atoms with E-state index in [0.29, 0.717) is 47.3 Å². The molecule has 0 fully saturated rings. The highest BCUT2D eigenvalue weighted by Crippen LogP contribution is 2.33. The van der Waals surface area contributed by atoms with Crippen molar-refractivity contribution in [2.75, 3.05) is 0 Å². The number of aromatic nitrogens is 1. The van der Waals surface area contributed by atoms with E-state index in [1.807, 2.05) is 0 Å². The smallest absolute Gasteiger partial charge is 0.323 e. The van der Waals surface area contributed by atoms with Crippen LogP contribution in [0.3, 0.4) is 0 Å². The summed E-state index contributed by atoms with van der Waals surface area (Å²) in [6, 6.07) is 11.2. The molecule has 2 aromatic carbocycles. The first-order valence-corrected chi connectivity index (χ1v) is 11.7. The molecule has 1 heterocycles. The fourth-order valence-corrected chi connectivity index (χ4v) is 5.89. The first-order chi connectivity index (χ1) is 15.2. The van der Waals surface area contributed by atoms with Crippen molar-refractivity contribution in [3.63, 3.8) is 0 Å². The van der Waals surface area contributed by atoms with Crippen LogP contribution in [0.5, 0.6) is 0 Å². The van der Waals surface area contributed by atoms with E-state index in [1.54, 1.807) is 29.7 Å². The van der Waals surface area contributed by atoms with Gasteiger partial charge in [-0.05, 0) is 61.2 Å². The van der Waals surface area contributed by atoms with E-state index >= 15 is 0 Å². The Labute approximate surface area is 185 Å². The second-order valence-electron chi connectivity index (χ2n) is 7.88. The molecule has 0 bridgehead atoms. The SMILES string of the molecule is Cc1c(Cc2ccccc2S(=O)(=O)c2ccc(F)cc2)c2c(n1CC(=O)O)CCCC2=O. The van der Waals surface area contributed by atoms with Crippen molar-refractivity contribution >= 4 is 21.6 Å². The van der Waals surface area contributed by atoms with Crippen molar-refractivity contribution in [2.24, 2.45) is 0 Å². The first-order valence-electron chi connectivity index (χ1n) is 10.2. The third-order valence-electron chi connectivity index (χ3n) is 5.90. The number of carbonyl (C=O) groups excluding carboxylic acids is 1. The molecular weight excluding hydrogens is 433 g/mol. The van der Waals surface area contributed by atoms with Crippen LogP contribution >= 0.6 is 0 Å². The summed E-state index contributed by atoms with van der Waals surface area (Å²) in [6.07, 6.45) is 1.81. The number of carbonyl (C=O) groups is 2. The van der Waals surface area contributed by atoms with E-state index in [-0.39, 0.29) is 28.5 Å². The van der Waals surface area contributed by atoms with E-state index in [2.05, 4.69) is 0 Å². The van der Waals surface area contributed by atoms with Gasteiger partial charge in [-0.2, -0.15) is 0 Å². The fraction of sp³-hybridized carbons (Fsp3) is 0.250. The van der Waals surface area contributed by atoms with Crippen LogP contribution in [-0.4, -0.2) is 29.8 Å². The summed E-state index contributed by atoms with van der Waals surface area (Å²) in [4.78, 5) is 24.2. The first kappa shape index (κ1) is 22.0. The Morgan fingerprint density at radius 1 is 1.09 bits per heavy atom. The number of hydrogen-bond donors (Lipinski definition) is 1. The Balaban J connectivity index is 1.83. The number of fused-ring (bicyclic) bond motifs is 1. The molecule has 8 heteroatoms. The molecule has 0 amide bonds. The number of rotatable bonds is 6. The molecule has 3 aromatic rings. The summed E-state index contributed by atoms with van der Waals surface area (Å²) in [7, 11) is -3.92. The molecule has 0 saturated heterocycles. The minimum Gasteiger partial charge on any atom is -0.480 e. The predicted molar refractivity (Wildman–Crippen MR) is 115 cm³/mol. The van der Waals surface area contributed by atoms with Gasteiger partial charge in [-0.25, -0.2) is 12.8 Å². The molecule has 1 N–H and O–H groups in total. The molecule has 1 aromatic heterocycles. The molecule has 0 saturated carbocycles. The molecule has 166 valence electrons. The Bertz CT molecular complexity index is 1320. The van der Waals surface area contributed by atoms with Gasteiger partial charge in [-0.3, -0.25) is 9.59 Å². The molecule has 1 aliphatic carbocycles. The van der Waals surface area contributed by atoms with Crippen LogP contribution in [0.1, 0.15) is 45.7 Å². The number of benzene rings is 2. The molecule has 32 heavy (non-hydrogen) atoms. The van der Waals surface area contributed by atoms with Gasteiger partial charge in [0, 0.05) is 29.8 Å². The van der Waals surface area contributed by atoms with E-state index < -0.39 is 21.6 Å². The minimum atomic E-state index is -3.92. The van der Waals surface area contributed by atoms with E-state index in [4.69, 9.17) is 0 Å². The standard InChI is InChI=1S/C24H22FNO5S/c1-15-19(24-20(6-4-7-21(24)27)26(15)14-23(28)29)13-16-5-2-3-8-22(16)32(30,31)18-11-9-17(25)10-12-18/h2-3,5,8-12H,4,6-7,13-14H2,1H3,(H,28,29). The number of halogens is 1. The maximum absolute atomic E-state index is 13.3. The number of hydrogen-bond acceptors (Lipinski definition) is 4. The van der Waals surface area contributed by atoms with Gasteiger partial charge in [-0.1, -0.05) is 18.2 Å². The van der Waals surface area contributed by atoms with E-state index in [9.17, 15) is 27.5 Å². The average molecular weight is 456 g/mol. The Hall–Kier alpha value is -3.26. The topological polar surface area (TPSA) is 93.4 Å². The number of aliphatic carboxylic acids is 1. The van der Waals surface area contributed by atoms with Crippen molar-refractivity contribution in [1.29, 1.82) is 0 Å². The Morgan fingerprint density at radius 2 is 1.78 bits per heavy atom. The van der Waals surface area contributed by atoms with Crippen LogP contribution in [0, 0.1) is 12.7 Å². The minimum absolute atomic E-state index is 0.0235. The average Bonchev–Trinajstić information content (AvgIpc) is 3.01. The van der Waals surface area contributed by atoms with Crippen molar-refractivity contribution < 1.29 is 27.5 Å². The highest BCUT2D eigenvalue weighted by atomic mass is 32.2. The predicted octanol–water partition coefficient (Wildman–Crippen LogP) is 3.96. The molecular formula is C24H22FNO5S. The normalized spacial score (nSPS) is 13.8. The number of sulfone groups is 1. The largest absolute Gasteiger partial charge is 0.480 e. The van der Waals surface area contributed by atoms with Crippen LogP contribution in [-0.2, 0) is 34.0 Å². The second kappa shape index (κ2) is 8.35. The summed E-state index contributed by atoms with van der Waals surface area (Å²) in [5, 5.41) is 9.34. The highest BCUT2D eigenvalue weighted by Gasteiger charge is 2.30. The number of carboxylic acids is 1. The van der Waals surface area contributed by atoms with Crippen molar-refractivity contribution in [3.8, 4) is 0 Å². The van der Waals surface area contributed by atoms with Gasteiger partial charge in [0.1, 0.15) is 12.4 Å². The molecule has 0 unspecified atom stereocenters. The lowest BCUT2D eigenvalue weighted by atomic mass is 9.90. The summed E-state index contributed by atoms with van der Waals surface area (Å²) in [6.45, 7) is 1.51. The third-order valence-corrected chi connectivity index (χ3v) is 7.77. The lowest BCUT2D eigenvalue weighted by molar-refractivity contribution is -0.137. The molecule has 1 aliphatic rings. The van der Waals surface area contributed by atoms with E-state index in [0.717, 1.165) is 12.1 Å². The summed E-state index contributed by atoms with van der Waals surface area (Å²) in [5.74, 6) is -1.58. The van der Waals surface area contributed by atoms with Crippen LogP contribution in [0.15, 0.2) is 58.3 Å². The maximum Gasteiger partial charge on any atom is 0.323 e. The Morgan fingerprint density at radius 3 is 2.47 bits per heavy atom. The third kappa shape index (κ3) is 3.86. The quantitative estimate of drug-likeness (QED) is 0.568. The number of nitrogens with zero attached hydrogens (tertiary/aromatic N) is 1. The van der Waals surface area contributed by atoms with Gasteiger partial charge in [0.15, 0.2) is 5.78 Å². The number of carboxylic acid groups (broad SMARTS) is 1. The summed E-state index contributed by atoms with van der Waals surface area (Å²) < 4.78 is 41.5. The maximum atomic E-state index is 13.3. The van der Waals surface area contributed by atoms with Crippen molar-refractivity contribution in [2.45, 2.75) is 48.9 Å². The molecule has 4 rings (SSSR count). The lowest BCUT2D eigenvalue weighted by Crippen LogP contribution is -2.17. The van der Waals surface area contributed by atoms with Gasteiger partial charge < -0.3 is 9.67 Å². The number of Topliss-reactive ketones (excluding diaryl/α,β-unsaturated/α-hetero) is 1. The van der Waals surface area contributed by atoms with Crippen LogP contribution in [0.2, 0.25) is 0 Å². The zero-order valence-corrected chi connectivity index (χ0v) is 18.3. The van der Waals surface area contributed by atoms with Crippen molar-refractivity contribution in [1.82, 2.24) is 4.57 Å². The Kier molecular flexibility index (Phi) is 5.73. The van der Waals surface area contributed by atoms with Gasteiger partial charge in [0.25, 0.3) is 0 Å².